The van der Waals surface area contributed by atoms with E-state index in [1.54, 1.807) is 13.1 Å². The smallest absolute Gasteiger partial charge is 0.321 e. The number of aromatic nitrogens is 3. The summed E-state index contributed by atoms with van der Waals surface area (Å²) in [6.45, 7) is 1.70. The Labute approximate surface area is 104 Å². The lowest BCUT2D eigenvalue weighted by atomic mass is 10.2. The molecule has 0 aliphatic rings. The molecule has 1 aromatic rings. The van der Waals surface area contributed by atoms with Crippen LogP contribution in [0.3, 0.4) is 0 Å². The number of carbonyl (C=O) groups excluding carboxylic acids is 2. The van der Waals surface area contributed by atoms with Crippen molar-refractivity contribution in [1.82, 2.24) is 25.6 Å². The van der Waals surface area contributed by atoms with Crippen LogP contribution in [-0.2, 0) is 11.2 Å². The van der Waals surface area contributed by atoms with Gasteiger partial charge in [-0.2, -0.15) is 0 Å². The van der Waals surface area contributed by atoms with Crippen molar-refractivity contribution >= 4 is 11.9 Å². The third-order valence-corrected chi connectivity index (χ3v) is 2.39. The first-order valence-electron chi connectivity index (χ1n) is 5.62. The number of carbonyl (C=O) groups is 2. The van der Waals surface area contributed by atoms with Crippen LogP contribution in [0.4, 0.5) is 4.79 Å². The van der Waals surface area contributed by atoms with Crippen LogP contribution in [0.5, 0.6) is 0 Å². The molecule has 0 spiro atoms. The Morgan fingerprint density at radius 2 is 2.28 bits per heavy atom. The van der Waals surface area contributed by atoms with Crippen LogP contribution in [0.15, 0.2) is 6.20 Å². The van der Waals surface area contributed by atoms with E-state index in [0.717, 1.165) is 0 Å². The highest BCUT2D eigenvalue weighted by Gasteiger charge is 2.18. The number of aliphatic hydroxyl groups excluding tert-OH is 1. The van der Waals surface area contributed by atoms with Crippen molar-refractivity contribution in [2.45, 2.75) is 25.8 Å². The highest BCUT2D eigenvalue weighted by atomic mass is 16.3. The van der Waals surface area contributed by atoms with Gasteiger partial charge in [0.05, 0.1) is 5.69 Å². The Balaban J connectivity index is 2.60. The second-order valence-corrected chi connectivity index (χ2v) is 3.76. The van der Waals surface area contributed by atoms with Crippen LogP contribution in [0, 0.1) is 0 Å². The number of nitrogens with zero attached hydrogens (tertiary/aromatic N) is 3. The van der Waals surface area contributed by atoms with Crippen LogP contribution in [0.25, 0.3) is 0 Å². The molecule has 8 nitrogen and oxygen atoms in total. The quantitative estimate of drug-likeness (QED) is 0.639. The van der Waals surface area contributed by atoms with E-state index in [4.69, 9.17) is 5.11 Å². The summed E-state index contributed by atoms with van der Waals surface area (Å²) in [4.78, 5) is 22.6. The van der Waals surface area contributed by atoms with Crippen molar-refractivity contribution < 1.29 is 14.7 Å². The summed E-state index contributed by atoms with van der Waals surface area (Å²) < 4.78 is 1.38. The second-order valence-electron chi connectivity index (χ2n) is 3.76. The Morgan fingerprint density at radius 1 is 1.56 bits per heavy atom. The van der Waals surface area contributed by atoms with Gasteiger partial charge in [0.25, 0.3) is 5.91 Å². The second kappa shape index (κ2) is 6.70. The van der Waals surface area contributed by atoms with Gasteiger partial charge in [0.1, 0.15) is 6.04 Å². The minimum atomic E-state index is -0.627. The van der Waals surface area contributed by atoms with Gasteiger partial charge in [0.15, 0.2) is 0 Å². The lowest BCUT2D eigenvalue weighted by Gasteiger charge is -2.10. The third kappa shape index (κ3) is 3.81. The highest BCUT2D eigenvalue weighted by molar-refractivity contribution is 5.95. The zero-order valence-corrected chi connectivity index (χ0v) is 10.4. The normalized spacial score (nSPS) is 11.9. The van der Waals surface area contributed by atoms with Crippen LogP contribution >= 0.6 is 0 Å². The van der Waals surface area contributed by atoms with Crippen molar-refractivity contribution in [3.05, 3.63) is 11.9 Å². The zero-order chi connectivity index (χ0) is 13.5. The fraction of sp³-hybridized carbons (Fsp3) is 0.600. The number of nitrogens with one attached hydrogen (secondary N) is 2. The third-order valence-electron chi connectivity index (χ3n) is 2.39. The van der Waals surface area contributed by atoms with E-state index in [1.165, 1.54) is 11.7 Å². The van der Waals surface area contributed by atoms with Crippen LogP contribution in [0.2, 0.25) is 0 Å². The van der Waals surface area contributed by atoms with E-state index < -0.39 is 18.0 Å². The summed E-state index contributed by atoms with van der Waals surface area (Å²) in [5, 5.41) is 20.8. The summed E-state index contributed by atoms with van der Waals surface area (Å²) in [7, 11) is 1.43. The van der Waals surface area contributed by atoms with Gasteiger partial charge in [0, 0.05) is 19.9 Å². The average Bonchev–Trinajstić information content (AvgIpc) is 2.83. The van der Waals surface area contributed by atoms with E-state index in [0.29, 0.717) is 18.5 Å². The molecular formula is C10H17N5O3. The van der Waals surface area contributed by atoms with Gasteiger partial charge in [-0.05, 0) is 19.8 Å². The Hall–Kier alpha value is -1.96. The number of urea groups is 1. The molecule has 18 heavy (non-hydrogen) atoms. The van der Waals surface area contributed by atoms with Crippen molar-refractivity contribution in [1.29, 1.82) is 0 Å². The molecule has 1 aromatic heterocycles. The molecule has 1 rings (SSSR count). The minimum absolute atomic E-state index is 0.0829. The lowest BCUT2D eigenvalue weighted by Crippen LogP contribution is -2.40. The van der Waals surface area contributed by atoms with Crippen LogP contribution in [0.1, 0.15) is 25.1 Å². The summed E-state index contributed by atoms with van der Waals surface area (Å²) in [6.07, 6.45) is 2.82. The fourth-order valence-corrected chi connectivity index (χ4v) is 1.28. The van der Waals surface area contributed by atoms with Crippen molar-refractivity contribution in [3.63, 3.8) is 0 Å². The van der Waals surface area contributed by atoms with E-state index in [1.807, 2.05) is 0 Å². The topological polar surface area (TPSA) is 109 Å². The minimum Gasteiger partial charge on any atom is -0.396 e. The molecule has 0 saturated heterocycles. The standard InChI is InChI=1S/C10H17N5O3/c1-7(9(17)12-10(18)11-2)15-6-8(13-14-15)4-3-5-16/h6-7,16H,3-5H2,1-2H3,(H2,11,12,17,18). The van der Waals surface area contributed by atoms with Gasteiger partial charge >= 0.3 is 6.03 Å². The van der Waals surface area contributed by atoms with E-state index in [9.17, 15) is 9.59 Å². The predicted octanol–water partition coefficient (Wildman–Crippen LogP) is -0.780. The number of hydrogen-bond donors (Lipinski definition) is 3. The Bertz CT molecular complexity index is 417. The molecule has 0 fully saturated rings. The largest absolute Gasteiger partial charge is 0.396 e. The SMILES string of the molecule is CNC(=O)NC(=O)C(C)n1cc(CCCO)nn1. The molecule has 1 atom stereocenters. The summed E-state index contributed by atoms with van der Waals surface area (Å²) in [5.74, 6) is -0.465. The molecule has 1 heterocycles. The molecule has 0 bridgehead atoms. The van der Waals surface area contributed by atoms with Crippen LogP contribution in [-0.4, -0.2) is 45.7 Å². The number of aryl methyl sites for hydroxylation is 1. The monoisotopic (exact) mass is 255 g/mol. The molecule has 3 amide bonds. The maximum Gasteiger partial charge on any atom is 0.321 e. The number of amides is 3. The summed E-state index contributed by atoms with van der Waals surface area (Å²) in [5.41, 5.74) is 0.698. The zero-order valence-electron chi connectivity index (χ0n) is 10.4. The molecule has 100 valence electrons. The fourth-order valence-electron chi connectivity index (χ4n) is 1.28. The maximum absolute atomic E-state index is 11.6. The van der Waals surface area contributed by atoms with Crippen molar-refractivity contribution in [3.8, 4) is 0 Å². The summed E-state index contributed by atoms with van der Waals surface area (Å²) >= 11 is 0. The van der Waals surface area contributed by atoms with Gasteiger partial charge in [-0.3, -0.25) is 10.1 Å². The van der Waals surface area contributed by atoms with Gasteiger partial charge in [0.2, 0.25) is 0 Å². The highest BCUT2D eigenvalue weighted by Crippen LogP contribution is 2.06. The van der Waals surface area contributed by atoms with Crippen molar-refractivity contribution in [2.24, 2.45) is 0 Å². The Morgan fingerprint density at radius 3 is 2.89 bits per heavy atom. The molecule has 0 aromatic carbocycles. The summed E-state index contributed by atoms with van der Waals surface area (Å²) in [6, 6.07) is -1.19. The first-order valence-corrected chi connectivity index (χ1v) is 5.62. The molecule has 1 unspecified atom stereocenters. The number of imide groups is 1. The van der Waals surface area contributed by atoms with Gasteiger partial charge in [-0.15, -0.1) is 5.10 Å². The van der Waals surface area contributed by atoms with E-state index in [2.05, 4.69) is 20.9 Å². The van der Waals surface area contributed by atoms with Crippen LogP contribution < -0.4 is 10.6 Å². The molecular weight excluding hydrogens is 238 g/mol. The van der Waals surface area contributed by atoms with Crippen molar-refractivity contribution in [2.75, 3.05) is 13.7 Å². The number of aliphatic hydroxyl groups is 1. The molecule has 3 N–H and O–H groups in total. The van der Waals surface area contributed by atoms with E-state index in [-0.39, 0.29) is 6.61 Å². The number of rotatable bonds is 5. The predicted molar refractivity (Wildman–Crippen MR) is 62.7 cm³/mol. The Kier molecular flexibility index (Phi) is 5.25. The maximum atomic E-state index is 11.6. The molecule has 0 saturated carbocycles. The van der Waals surface area contributed by atoms with E-state index >= 15 is 0 Å². The van der Waals surface area contributed by atoms with Gasteiger partial charge in [-0.1, -0.05) is 5.21 Å². The molecule has 0 aliphatic carbocycles. The van der Waals surface area contributed by atoms with Gasteiger partial charge in [-0.25, -0.2) is 9.48 Å². The molecule has 0 aliphatic heterocycles. The molecule has 0 radical (unpaired) electrons. The number of hydrogen-bond acceptors (Lipinski definition) is 5. The average molecular weight is 255 g/mol. The first kappa shape index (κ1) is 14.1. The molecule has 8 heteroatoms. The lowest BCUT2D eigenvalue weighted by molar-refractivity contribution is -0.123. The first-order chi connectivity index (χ1) is 8.58. The van der Waals surface area contributed by atoms with Gasteiger partial charge < -0.3 is 10.4 Å².